The van der Waals surface area contributed by atoms with E-state index >= 15 is 0 Å². The zero-order chi connectivity index (χ0) is 12.7. The highest BCUT2D eigenvalue weighted by Crippen LogP contribution is 2.52. The normalized spacial score (nSPS) is 16.7. The molecular formula is C9H7F3N4O. The number of carbonyl (C=O) groups excluding carboxylic acids is 1. The number of carbonyl (C=O) groups is 1. The summed E-state index contributed by atoms with van der Waals surface area (Å²) in [7, 11) is 0. The molecule has 1 aliphatic heterocycles. The van der Waals surface area contributed by atoms with Gasteiger partial charge >= 0.3 is 11.8 Å². The van der Waals surface area contributed by atoms with Crippen LogP contribution in [0.15, 0.2) is 34.5 Å². The average Bonchev–Trinajstić information content (AvgIpc) is 3.08. The van der Waals surface area contributed by atoms with E-state index in [9.17, 15) is 18.0 Å². The molecule has 5 nitrogen and oxygen atoms in total. The molecule has 1 aromatic rings. The van der Waals surface area contributed by atoms with E-state index in [1.165, 1.54) is 12.1 Å². The van der Waals surface area contributed by atoms with E-state index in [0.29, 0.717) is 0 Å². The van der Waals surface area contributed by atoms with Gasteiger partial charge in [-0.3, -0.25) is 10.2 Å². The minimum Gasteiger partial charge on any atom is -0.290 e. The van der Waals surface area contributed by atoms with Crippen molar-refractivity contribution in [3.63, 3.8) is 0 Å². The molecule has 0 aliphatic carbocycles. The van der Waals surface area contributed by atoms with E-state index in [1.807, 2.05) is 5.43 Å². The first-order valence-corrected chi connectivity index (χ1v) is 4.53. The Labute approximate surface area is 93.5 Å². The lowest BCUT2D eigenvalue weighted by Gasteiger charge is -2.14. The lowest BCUT2D eigenvalue weighted by atomic mass is 10.0. The number of hydrogen-bond donors (Lipinski definition) is 2. The molecule has 0 bridgehead atoms. The first kappa shape index (κ1) is 11.5. The molecule has 1 aliphatic rings. The smallest absolute Gasteiger partial charge is 0.290 e. The quantitative estimate of drug-likeness (QED) is 0.469. The van der Waals surface area contributed by atoms with Gasteiger partial charge in [-0.2, -0.15) is 13.2 Å². The SMILES string of the molecule is NNC(=O)c1ccc(C2(C(F)(F)F)N=N2)cc1. The van der Waals surface area contributed by atoms with Crippen molar-refractivity contribution < 1.29 is 18.0 Å². The summed E-state index contributed by atoms with van der Waals surface area (Å²) in [6.45, 7) is 0. The van der Waals surface area contributed by atoms with Crippen LogP contribution in [-0.2, 0) is 5.66 Å². The monoisotopic (exact) mass is 244 g/mol. The van der Waals surface area contributed by atoms with Gasteiger partial charge in [0.2, 0.25) is 0 Å². The third kappa shape index (κ3) is 1.76. The molecule has 0 spiro atoms. The standard InChI is InChI=1S/C9H7F3N4O/c10-9(11,12)8(15-16-8)6-3-1-5(2-4-6)7(17)14-13/h1-4H,13H2,(H,14,17). The van der Waals surface area contributed by atoms with E-state index in [-0.39, 0.29) is 11.1 Å². The van der Waals surface area contributed by atoms with Gasteiger partial charge in [-0.05, 0) is 12.1 Å². The van der Waals surface area contributed by atoms with Crippen LogP contribution in [-0.4, -0.2) is 12.1 Å². The van der Waals surface area contributed by atoms with Crippen LogP contribution < -0.4 is 11.3 Å². The molecular weight excluding hydrogens is 237 g/mol. The lowest BCUT2D eigenvalue weighted by Crippen LogP contribution is -2.31. The second-order valence-corrected chi connectivity index (χ2v) is 3.42. The average molecular weight is 244 g/mol. The minimum absolute atomic E-state index is 0.126. The maximum atomic E-state index is 12.6. The highest BCUT2D eigenvalue weighted by Gasteiger charge is 2.65. The van der Waals surface area contributed by atoms with Gasteiger partial charge in [0, 0.05) is 11.1 Å². The van der Waals surface area contributed by atoms with Gasteiger partial charge in [0.25, 0.3) is 5.91 Å². The largest absolute Gasteiger partial charge is 0.442 e. The predicted molar refractivity (Wildman–Crippen MR) is 50.7 cm³/mol. The molecule has 0 saturated heterocycles. The summed E-state index contributed by atoms with van der Waals surface area (Å²) in [5.74, 6) is 4.31. The van der Waals surface area contributed by atoms with Gasteiger partial charge in [-0.15, -0.1) is 10.2 Å². The number of amides is 1. The second kappa shape index (κ2) is 3.52. The number of nitrogens with two attached hydrogens (primary N) is 1. The summed E-state index contributed by atoms with van der Waals surface area (Å²) < 4.78 is 37.9. The maximum Gasteiger partial charge on any atom is 0.442 e. The highest BCUT2D eigenvalue weighted by molar-refractivity contribution is 5.93. The number of nitrogens with one attached hydrogen (secondary N) is 1. The van der Waals surface area contributed by atoms with Crippen molar-refractivity contribution >= 4 is 5.91 Å². The van der Waals surface area contributed by atoms with Gasteiger partial charge < -0.3 is 0 Å². The van der Waals surface area contributed by atoms with Crippen molar-refractivity contribution in [2.45, 2.75) is 11.8 Å². The molecule has 2 rings (SSSR count). The second-order valence-electron chi connectivity index (χ2n) is 3.42. The molecule has 3 N–H and O–H groups in total. The molecule has 8 heteroatoms. The third-order valence-corrected chi connectivity index (χ3v) is 2.38. The Morgan fingerprint density at radius 1 is 1.24 bits per heavy atom. The van der Waals surface area contributed by atoms with Gasteiger partial charge in [-0.25, -0.2) is 5.84 Å². The van der Waals surface area contributed by atoms with Crippen molar-refractivity contribution in [3.8, 4) is 0 Å². The number of hydrogen-bond acceptors (Lipinski definition) is 4. The number of nitrogens with zero attached hydrogens (tertiary/aromatic N) is 2. The molecule has 0 radical (unpaired) electrons. The summed E-state index contributed by atoms with van der Waals surface area (Å²) in [6, 6.07) is 4.76. The zero-order valence-corrected chi connectivity index (χ0v) is 8.32. The summed E-state index contributed by atoms with van der Waals surface area (Å²) in [4.78, 5) is 11.1. The zero-order valence-electron chi connectivity index (χ0n) is 8.32. The molecule has 1 amide bonds. The van der Waals surface area contributed by atoms with Crippen LogP contribution in [0, 0.1) is 0 Å². The van der Waals surface area contributed by atoms with Crippen molar-refractivity contribution in [3.05, 3.63) is 35.4 Å². The Kier molecular flexibility index (Phi) is 2.39. The van der Waals surface area contributed by atoms with Crippen LogP contribution in [0.25, 0.3) is 0 Å². The van der Waals surface area contributed by atoms with Crippen LogP contribution in [0.3, 0.4) is 0 Å². The summed E-state index contributed by atoms with van der Waals surface area (Å²) in [5, 5.41) is 6.09. The Bertz CT molecular complexity index is 474. The van der Waals surface area contributed by atoms with Crippen LogP contribution in [0.4, 0.5) is 13.2 Å². The van der Waals surface area contributed by atoms with Crippen molar-refractivity contribution in [1.82, 2.24) is 5.43 Å². The first-order chi connectivity index (χ1) is 7.90. The number of benzene rings is 1. The van der Waals surface area contributed by atoms with Gasteiger partial charge in [0.05, 0.1) is 0 Å². The van der Waals surface area contributed by atoms with E-state index in [0.717, 1.165) is 12.1 Å². The Morgan fingerprint density at radius 3 is 2.12 bits per heavy atom. The maximum absolute atomic E-state index is 12.6. The molecule has 17 heavy (non-hydrogen) atoms. The van der Waals surface area contributed by atoms with Crippen LogP contribution in [0.1, 0.15) is 15.9 Å². The Morgan fingerprint density at radius 2 is 1.76 bits per heavy atom. The Hall–Kier alpha value is -1.96. The van der Waals surface area contributed by atoms with Crippen LogP contribution >= 0.6 is 0 Å². The summed E-state index contributed by atoms with van der Waals surface area (Å²) >= 11 is 0. The molecule has 0 atom stereocenters. The molecule has 1 heterocycles. The van der Waals surface area contributed by atoms with Crippen molar-refractivity contribution in [2.75, 3.05) is 0 Å². The number of alkyl halides is 3. The fourth-order valence-electron chi connectivity index (χ4n) is 1.38. The van der Waals surface area contributed by atoms with E-state index in [4.69, 9.17) is 5.84 Å². The van der Waals surface area contributed by atoms with Crippen LogP contribution in [0.5, 0.6) is 0 Å². The number of hydrazine groups is 1. The fourth-order valence-corrected chi connectivity index (χ4v) is 1.38. The van der Waals surface area contributed by atoms with Crippen molar-refractivity contribution in [2.24, 2.45) is 16.1 Å². The Balaban J connectivity index is 2.28. The molecule has 0 aromatic heterocycles. The molecule has 90 valence electrons. The summed E-state index contributed by atoms with van der Waals surface area (Å²) in [5.41, 5.74) is -0.541. The first-order valence-electron chi connectivity index (χ1n) is 4.53. The minimum atomic E-state index is -4.56. The lowest BCUT2D eigenvalue weighted by molar-refractivity contribution is -0.166. The molecule has 0 saturated carbocycles. The molecule has 0 unspecified atom stereocenters. The van der Waals surface area contributed by atoms with Gasteiger partial charge in [0.15, 0.2) is 0 Å². The fraction of sp³-hybridized carbons (Fsp3) is 0.222. The van der Waals surface area contributed by atoms with Crippen LogP contribution in [0.2, 0.25) is 0 Å². The van der Waals surface area contributed by atoms with E-state index < -0.39 is 17.7 Å². The highest BCUT2D eigenvalue weighted by atomic mass is 19.4. The van der Waals surface area contributed by atoms with Gasteiger partial charge in [-0.1, -0.05) is 12.1 Å². The number of halogens is 3. The molecule has 0 fully saturated rings. The number of rotatable bonds is 2. The topological polar surface area (TPSA) is 79.8 Å². The van der Waals surface area contributed by atoms with E-state index in [2.05, 4.69) is 10.2 Å². The summed E-state index contributed by atoms with van der Waals surface area (Å²) in [6.07, 6.45) is -4.56. The van der Waals surface area contributed by atoms with Crippen molar-refractivity contribution in [1.29, 1.82) is 0 Å². The number of nitrogen functional groups attached to an aromatic ring is 1. The van der Waals surface area contributed by atoms with Gasteiger partial charge in [0.1, 0.15) is 0 Å². The molecule has 1 aromatic carbocycles. The van der Waals surface area contributed by atoms with E-state index in [1.54, 1.807) is 0 Å². The predicted octanol–water partition coefficient (Wildman–Crippen LogP) is 1.47. The third-order valence-electron chi connectivity index (χ3n) is 2.38.